The minimum Gasteiger partial charge on any atom is -0.366 e. The molecule has 0 aliphatic rings. The highest BCUT2D eigenvalue weighted by atomic mass is 15.1. The van der Waals surface area contributed by atoms with Crippen molar-refractivity contribution in [3.63, 3.8) is 0 Å². The quantitative estimate of drug-likeness (QED) is 0.279. The number of aromatic nitrogens is 4. The Kier molecular flexibility index (Phi) is 4.78. The molecular formula is C23H23N7. The van der Waals surface area contributed by atoms with Gasteiger partial charge in [0.1, 0.15) is 5.82 Å². The Balaban J connectivity index is 1.33. The number of H-pyrrole nitrogens is 2. The minimum atomic E-state index is 0.560. The summed E-state index contributed by atoms with van der Waals surface area (Å²) in [5.74, 6) is 1.34. The van der Waals surface area contributed by atoms with Crippen LogP contribution in [-0.4, -0.2) is 27.0 Å². The van der Waals surface area contributed by atoms with E-state index in [0.29, 0.717) is 12.5 Å². The smallest absolute Gasteiger partial charge is 0.229 e. The molecule has 0 fully saturated rings. The summed E-state index contributed by atoms with van der Waals surface area (Å²) < 4.78 is 0. The summed E-state index contributed by atoms with van der Waals surface area (Å²) >= 11 is 0. The van der Waals surface area contributed by atoms with E-state index in [-0.39, 0.29) is 0 Å². The normalized spacial score (nSPS) is 11.2. The van der Waals surface area contributed by atoms with E-state index < -0.39 is 0 Å². The van der Waals surface area contributed by atoms with Crippen molar-refractivity contribution in [2.45, 2.75) is 13.1 Å². The van der Waals surface area contributed by atoms with Crippen molar-refractivity contribution in [1.82, 2.24) is 25.3 Å². The van der Waals surface area contributed by atoms with Gasteiger partial charge in [-0.1, -0.05) is 12.1 Å². The molecule has 0 spiro atoms. The zero-order valence-electron chi connectivity index (χ0n) is 16.7. The van der Waals surface area contributed by atoms with Crippen LogP contribution in [0.25, 0.3) is 21.8 Å². The predicted molar refractivity (Wildman–Crippen MR) is 122 cm³/mol. The third-order valence-electron chi connectivity index (χ3n) is 5.08. The molecule has 0 saturated carbocycles. The predicted octanol–water partition coefficient (Wildman–Crippen LogP) is 4.51. The summed E-state index contributed by atoms with van der Waals surface area (Å²) in [5, 5.41) is 12.2. The summed E-state index contributed by atoms with van der Waals surface area (Å²) in [5.41, 5.74) is 5.53. The molecule has 0 saturated heterocycles. The molecule has 0 amide bonds. The van der Waals surface area contributed by atoms with Gasteiger partial charge in [-0.15, -0.1) is 0 Å². The van der Waals surface area contributed by atoms with Crippen molar-refractivity contribution in [3.8, 4) is 0 Å². The Bertz CT molecular complexity index is 1300. The summed E-state index contributed by atoms with van der Waals surface area (Å²) in [6.45, 7) is 1.48. The van der Waals surface area contributed by atoms with E-state index in [4.69, 9.17) is 0 Å². The van der Waals surface area contributed by atoms with Crippen molar-refractivity contribution in [1.29, 1.82) is 0 Å². The monoisotopic (exact) mass is 397 g/mol. The Morgan fingerprint density at radius 2 is 1.93 bits per heavy atom. The Hall–Kier alpha value is -3.84. The van der Waals surface area contributed by atoms with E-state index in [1.54, 1.807) is 6.20 Å². The molecule has 2 aromatic carbocycles. The van der Waals surface area contributed by atoms with Crippen LogP contribution in [0, 0.1) is 0 Å². The van der Waals surface area contributed by atoms with E-state index in [2.05, 4.69) is 72.3 Å². The molecule has 3 aromatic heterocycles. The molecule has 0 bridgehead atoms. The second-order valence-corrected chi connectivity index (χ2v) is 7.24. The number of nitrogens with zero attached hydrogens (tertiary/aromatic N) is 2. The molecule has 3 heterocycles. The van der Waals surface area contributed by atoms with Crippen molar-refractivity contribution < 1.29 is 0 Å². The Morgan fingerprint density at radius 3 is 2.87 bits per heavy atom. The molecule has 150 valence electrons. The minimum absolute atomic E-state index is 0.560. The van der Waals surface area contributed by atoms with E-state index in [1.165, 1.54) is 10.9 Å². The largest absolute Gasteiger partial charge is 0.366 e. The molecule has 0 atom stereocenters. The maximum Gasteiger partial charge on any atom is 0.229 e. The summed E-state index contributed by atoms with van der Waals surface area (Å²) in [7, 11) is 1.94. The van der Waals surface area contributed by atoms with Gasteiger partial charge in [0.25, 0.3) is 0 Å². The van der Waals surface area contributed by atoms with Crippen LogP contribution in [0.1, 0.15) is 11.3 Å². The van der Waals surface area contributed by atoms with Gasteiger partial charge in [0.2, 0.25) is 5.95 Å². The lowest BCUT2D eigenvalue weighted by Gasteiger charge is -2.09. The van der Waals surface area contributed by atoms with Crippen molar-refractivity contribution >= 4 is 39.3 Å². The molecule has 7 nitrogen and oxygen atoms in total. The maximum absolute atomic E-state index is 4.62. The fourth-order valence-electron chi connectivity index (χ4n) is 3.65. The molecule has 0 aliphatic heterocycles. The second-order valence-electron chi connectivity index (χ2n) is 7.24. The SMILES string of the molecule is CNCc1cc2c(Nc3nccc(NCc4ccc5[nH]ccc5c4)n3)cccc2[nH]1. The molecule has 30 heavy (non-hydrogen) atoms. The van der Waals surface area contributed by atoms with Crippen LogP contribution in [0.4, 0.5) is 17.5 Å². The zero-order valence-corrected chi connectivity index (χ0v) is 16.7. The van der Waals surface area contributed by atoms with Gasteiger partial charge in [-0.05, 0) is 60.5 Å². The van der Waals surface area contributed by atoms with Gasteiger partial charge < -0.3 is 25.9 Å². The van der Waals surface area contributed by atoms with Crippen molar-refractivity contribution in [2.24, 2.45) is 0 Å². The highest BCUT2D eigenvalue weighted by Crippen LogP contribution is 2.26. The van der Waals surface area contributed by atoms with Gasteiger partial charge in [-0.25, -0.2) is 4.98 Å². The number of aromatic amines is 2. The van der Waals surface area contributed by atoms with Crippen LogP contribution in [0.3, 0.4) is 0 Å². The molecule has 5 N–H and O–H groups in total. The fraction of sp³-hybridized carbons (Fsp3) is 0.130. The molecule has 5 aromatic rings. The van der Waals surface area contributed by atoms with Gasteiger partial charge in [0.05, 0.1) is 5.69 Å². The number of nitrogens with one attached hydrogen (secondary N) is 5. The van der Waals surface area contributed by atoms with E-state index in [1.807, 2.05) is 31.4 Å². The van der Waals surface area contributed by atoms with Crippen molar-refractivity contribution in [2.75, 3.05) is 17.7 Å². The number of anilines is 3. The zero-order chi connectivity index (χ0) is 20.3. The summed E-state index contributed by atoms with van der Waals surface area (Å²) in [6.07, 6.45) is 3.72. The lowest BCUT2D eigenvalue weighted by atomic mass is 10.1. The lowest BCUT2D eigenvalue weighted by Crippen LogP contribution is -2.04. The number of fused-ring (bicyclic) bond motifs is 2. The first-order valence-electron chi connectivity index (χ1n) is 9.94. The van der Waals surface area contributed by atoms with Gasteiger partial charge in [0.15, 0.2) is 0 Å². The van der Waals surface area contributed by atoms with Gasteiger partial charge >= 0.3 is 0 Å². The molecule has 0 unspecified atom stereocenters. The first-order chi connectivity index (χ1) is 14.8. The topological polar surface area (TPSA) is 93.5 Å². The van der Waals surface area contributed by atoms with Crippen LogP contribution in [0.5, 0.6) is 0 Å². The third kappa shape index (κ3) is 3.70. The molecule has 7 heteroatoms. The summed E-state index contributed by atoms with van der Waals surface area (Å²) in [4.78, 5) is 15.7. The standard InChI is InChI=1S/C23H23N7/c1-24-14-17-12-18-20(28-17)3-2-4-21(18)29-23-26-10-8-22(30-23)27-13-15-5-6-19-16(11-15)7-9-25-19/h2-12,24-25,28H,13-14H2,1H3,(H2,26,27,29,30). The third-order valence-corrected chi connectivity index (χ3v) is 5.08. The van der Waals surface area contributed by atoms with Crippen LogP contribution in [0.2, 0.25) is 0 Å². The van der Waals surface area contributed by atoms with Gasteiger partial charge in [0, 0.05) is 47.6 Å². The molecule has 0 aliphatic carbocycles. The highest BCUT2D eigenvalue weighted by Gasteiger charge is 2.07. The Labute approximate surface area is 174 Å². The van der Waals surface area contributed by atoms with Crippen molar-refractivity contribution in [3.05, 3.63) is 78.2 Å². The highest BCUT2D eigenvalue weighted by molar-refractivity contribution is 5.93. The van der Waals surface area contributed by atoms with Crippen LogP contribution in [0.15, 0.2) is 67.0 Å². The van der Waals surface area contributed by atoms with E-state index >= 15 is 0 Å². The number of hydrogen-bond acceptors (Lipinski definition) is 5. The van der Waals surface area contributed by atoms with Gasteiger partial charge in [-0.3, -0.25) is 0 Å². The van der Waals surface area contributed by atoms with E-state index in [0.717, 1.165) is 40.2 Å². The maximum atomic E-state index is 4.62. The van der Waals surface area contributed by atoms with Gasteiger partial charge in [-0.2, -0.15) is 4.98 Å². The van der Waals surface area contributed by atoms with Crippen LogP contribution < -0.4 is 16.0 Å². The summed E-state index contributed by atoms with van der Waals surface area (Å²) in [6, 6.07) is 18.6. The lowest BCUT2D eigenvalue weighted by molar-refractivity contribution is 0.800. The average molecular weight is 397 g/mol. The van der Waals surface area contributed by atoms with Crippen LogP contribution >= 0.6 is 0 Å². The number of benzene rings is 2. The fourth-order valence-corrected chi connectivity index (χ4v) is 3.65. The number of rotatable bonds is 7. The molecule has 5 rings (SSSR count). The first kappa shape index (κ1) is 18.2. The second kappa shape index (κ2) is 7.88. The van der Waals surface area contributed by atoms with E-state index in [9.17, 15) is 0 Å². The van der Waals surface area contributed by atoms with Crippen LogP contribution in [-0.2, 0) is 13.1 Å². The average Bonchev–Trinajstić information content (AvgIpc) is 3.39. The first-order valence-corrected chi connectivity index (χ1v) is 9.94. The molecule has 0 radical (unpaired) electrons. The number of hydrogen-bond donors (Lipinski definition) is 5. The Morgan fingerprint density at radius 1 is 0.967 bits per heavy atom. The molecular weight excluding hydrogens is 374 g/mol.